The SMILES string of the molecule is CN1C(=O)c2ccc(NC(=O)CSCc3ccccn3)cc2C1=O. The van der Waals surface area contributed by atoms with Crippen molar-refractivity contribution in [1.29, 1.82) is 0 Å². The van der Waals surface area contributed by atoms with E-state index < -0.39 is 0 Å². The van der Waals surface area contributed by atoms with Crippen molar-refractivity contribution < 1.29 is 14.4 Å². The summed E-state index contributed by atoms with van der Waals surface area (Å²) < 4.78 is 0. The Morgan fingerprint density at radius 3 is 2.71 bits per heavy atom. The Bertz CT molecular complexity index is 808. The van der Waals surface area contributed by atoms with E-state index in [9.17, 15) is 14.4 Å². The monoisotopic (exact) mass is 341 g/mol. The van der Waals surface area contributed by atoms with Crippen molar-refractivity contribution in [2.75, 3.05) is 18.1 Å². The Hall–Kier alpha value is -2.67. The van der Waals surface area contributed by atoms with Crippen LogP contribution in [0.5, 0.6) is 0 Å². The molecular formula is C17H15N3O3S. The van der Waals surface area contributed by atoms with Crippen LogP contribution in [0.1, 0.15) is 26.4 Å². The van der Waals surface area contributed by atoms with Gasteiger partial charge in [0.05, 0.1) is 22.6 Å². The summed E-state index contributed by atoms with van der Waals surface area (Å²) in [6.45, 7) is 0. The largest absolute Gasteiger partial charge is 0.325 e. The molecule has 2 heterocycles. The molecule has 0 saturated carbocycles. The highest BCUT2D eigenvalue weighted by Crippen LogP contribution is 2.24. The van der Waals surface area contributed by atoms with Gasteiger partial charge < -0.3 is 5.32 Å². The average molecular weight is 341 g/mol. The molecule has 1 aliphatic rings. The zero-order valence-electron chi connectivity index (χ0n) is 13.0. The fraction of sp³-hybridized carbons (Fsp3) is 0.176. The number of amides is 3. The van der Waals surface area contributed by atoms with Crippen LogP contribution in [0.2, 0.25) is 0 Å². The summed E-state index contributed by atoms with van der Waals surface area (Å²) in [5.74, 6) is 0.0897. The van der Waals surface area contributed by atoms with Crippen molar-refractivity contribution in [3.05, 3.63) is 59.4 Å². The second-order valence-corrected chi connectivity index (χ2v) is 6.28. The summed E-state index contributed by atoms with van der Waals surface area (Å²) in [6, 6.07) is 10.4. The third-order valence-electron chi connectivity index (χ3n) is 3.58. The van der Waals surface area contributed by atoms with Crippen LogP contribution < -0.4 is 5.32 Å². The van der Waals surface area contributed by atoms with Gasteiger partial charge in [-0.15, -0.1) is 11.8 Å². The van der Waals surface area contributed by atoms with E-state index in [4.69, 9.17) is 0 Å². The van der Waals surface area contributed by atoms with Crippen molar-refractivity contribution in [1.82, 2.24) is 9.88 Å². The third kappa shape index (κ3) is 3.30. The molecule has 0 radical (unpaired) electrons. The van der Waals surface area contributed by atoms with Gasteiger partial charge in [-0.05, 0) is 30.3 Å². The van der Waals surface area contributed by atoms with Crippen molar-refractivity contribution >= 4 is 35.2 Å². The Morgan fingerprint density at radius 2 is 1.96 bits per heavy atom. The molecule has 1 aliphatic heterocycles. The minimum absolute atomic E-state index is 0.166. The van der Waals surface area contributed by atoms with Crippen LogP contribution in [0.15, 0.2) is 42.6 Å². The van der Waals surface area contributed by atoms with Gasteiger partial charge in [0, 0.05) is 24.7 Å². The average Bonchev–Trinajstić information content (AvgIpc) is 2.80. The molecule has 3 rings (SSSR count). The van der Waals surface area contributed by atoms with Crippen molar-refractivity contribution in [2.24, 2.45) is 0 Å². The van der Waals surface area contributed by atoms with E-state index in [1.807, 2.05) is 18.2 Å². The minimum atomic E-state index is -0.351. The van der Waals surface area contributed by atoms with E-state index in [0.717, 1.165) is 10.6 Å². The first kappa shape index (κ1) is 16.2. The number of rotatable bonds is 5. The maximum absolute atomic E-state index is 12.0. The maximum Gasteiger partial charge on any atom is 0.261 e. The smallest absolute Gasteiger partial charge is 0.261 e. The molecule has 0 bridgehead atoms. The number of pyridine rings is 1. The molecule has 3 amide bonds. The molecule has 24 heavy (non-hydrogen) atoms. The number of benzene rings is 1. The first-order valence-corrected chi connectivity index (χ1v) is 8.45. The number of fused-ring (bicyclic) bond motifs is 1. The number of nitrogens with one attached hydrogen (secondary N) is 1. The molecule has 7 heteroatoms. The van der Waals surface area contributed by atoms with E-state index in [1.54, 1.807) is 24.4 Å². The van der Waals surface area contributed by atoms with E-state index in [0.29, 0.717) is 22.6 Å². The summed E-state index contributed by atoms with van der Waals surface area (Å²) in [5, 5.41) is 2.75. The van der Waals surface area contributed by atoms with Gasteiger partial charge >= 0.3 is 0 Å². The Morgan fingerprint density at radius 1 is 1.17 bits per heavy atom. The quantitative estimate of drug-likeness (QED) is 0.843. The number of carbonyl (C=O) groups is 3. The molecule has 6 nitrogen and oxygen atoms in total. The Balaban J connectivity index is 1.58. The number of hydrogen-bond acceptors (Lipinski definition) is 5. The Kier molecular flexibility index (Phi) is 4.61. The van der Waals surface area contributed by atoms with Gasteiger partial charge in [0.15, 0.2) is 0 Å². The van der Waals surface area contributed by atoms with E-state index in [-0.39, 0.29) is 23.5 Å². The zero-order chi connectivity index (χ0) is 17.1. The lowest BCUT2D eigenvalue weighted by Crippen LogP contribution is -2.24. The molecular weight excluding hydrogens is 326 g/mol. The molecule has 1 N–H and O–H groups in total. The summed E-state index contributed by atoms with van der Waals surface area (Å²) in [5.41, 5.74) is 2.11. The van der Waals surface area contributed by atoms with Crippen LogP contribution >= 0.6 is 11.8 Å². The summed E-state index contributed by atoms with van der Waals surface area (Å²) in [4.78, 5) is 41.0. The van der Waals surface area contributed by atoms with Gasteiger partial charge in [-0.25, -0.2) is 0 Å². The zero-order valence-corrected chi connectivity index (χ0v) is 13.8. The molecule has 0 aliphatic carbocycles. The molecule has 2 aromatic rings. The van der Waals surface area contributed by atoms with Gasteiger partial charge in [-0.1, -0.05) is 6.07 Å². The second kappa shape index (κ2) is 6.84. The third-order valence-corrected chi connectivity index (χ3v) is 4.55. The molecule has 0 unspecified atom stereocenters. The van der Waals surface area contributed by atoms with Crippen LogP contribution in [-0.4, -0.2) is 40.4 Å². The summed E-state index contributed by atoms with van der Waals surface area (Å²) >= 11 is 1.46. The van der Waals surface area contributed by atoms with Crippen LogP contribution in [0.25, 0.3) is 0 Å². The minimum Gasteiger partial charge on any atom is -0.325 e. The van der Waals surface area contributed by atoms with Crippen LogP contribution in [0.4, 0.5) is 5.69 Å². The fourth-order valence-electron chi connectivity index (χ4n) is 2.37. The van der Waals surface area contributed by atoms with Gasteiger partial charge in [0.1, 0.15) is 0 Å². The molecule has 122 valence electrons. The van der Waals surface area contributed by atoms with Crippen LogP contribution in [-0.2, 0) is 10.5 Å². The Labute approximate surface area is 143 Å². The highest BCUT2D eigenvalue weighted by molar-refractivity contribution is 7.99. The van der Waals surface area contributed by atoms with E-state index >= 15 is 0 Å². The molecule has 0 atom stereocenters. The van der Waals surface area contributed by atoms with E-state index in [2.05, 4.69) is 10.3 Å². The number of carbonyl (C=O) groups excluding carboxylic acids is 3. The molecule has 1 aromatic carbocycles. The predicted molar refractivity (Wildman–Crippen MR) is 91.9 cm³/mol. The van der Waals surface area contributed by atoms with Gasteiger partial charge in [0.25, 0.3) is 11.8 Å². The summed E-state index contributed by atoms with van der Waals surface area (Å²) in [7, 11) is 1.44. The van der Waals surface area contributed by atoms with Gasteiger partial charge in [-0.3, -0.25) is 24.3 Å². The lowest BCUT2D eigenvalue weighted by molar-refractivity contribution is -0.113. The number of hydrogen-bond donors (Lipinski definition) is 1. The number of nitrogens with zero attached hydrogens (tertiary/aromatic N) is 2. The predicted octanol–water partition coefficient (Wildman–Crippen LogP) is 2.18. The van der Waals surface area contributed by atoms with Crippen molar-refractivity contribution in [3.8, 4) is 0 Å². The lowest BCUT2D eigenvalue weighted by atomic mass is 10.1. The molecule has 1 aromatic heterocycles. The number of aromatic nitrogens is 1. The van der Waals surface area contributed by atoms with Crippen LogP contribution in [0.3, 0.4) is 0 Å². The fourth-order valence-corrected chi connectivity index (χ4v) is 3.11. The molecule has 0 spiro atoms. The lowest BCUT2D eigenvalue weighted by Gasteiger charge is -2.06. The van der Waals surface area contributed by atoms with E-state index in [1.165, 1.54) is 18.8 Å². The molecule has 0 saturated heterocycles. The maximum atomic E-state index is 12.0. The second-order valence-electron chi connectivity index (χ2n) is 5.29. The first-order chi connectivity index (χ1) is 11.6. The van der Waals surface area contributed by atoms with Gasteiger partial charge in [-0.2, -0.15) is 0 Å². The van der Waals surface area contributed by atoms with Crippen molar-refractivity contribution in [3.63, 3.8) is 0 Å². The topological polar surface area (TPSA) is 79.4 Å². The van der Waals surface area contributed by atoms with Crippen LogP contribution in [0, 0.1) is 0 Å². The number of thioether (sulfide) groups is 1. The standard InChI is InChI=1S/C17H15N3O3S/c1-20-16(22)13-6-5-11(8-14(13)17(20)23)19-15(21)10-24-9-12-4-2-3-7-18-12/h2-8H,9-10H2,1H3,(H,19,21). The van der Waals surface area contributed by atoms with Crippen molar-refractivity contribution in [2.45, 2.75) is 5.75 Å². The van der Waals surface area contributed by atoms with Gasteiger partial charge in [0.2, 0.25) is 5.91 Å². The highest BCUT2D eigenvalue weighted by Gasteiger charge is 2.32. The highest BCUT2D eigenvalue weighted by atomic mass is 32.2. The first-order valence-electron chi connectivity index (χ1n) is 7.30. The normalized spacial score (nSPS) is 13.1. The number of anilines is 1. The summed E-state index contributed by atoms with van der Waals surface area (Å²) in [6.07, 6.45) is 1.72. The molecule has 0 fully saturated rings. The number of imide groups is 1.